The number of benzene rings is 1. The number of hydrogen-bond donors (Lipinski definition) is 0. The standard InChI is InChI=1S/C20H23N3O2S/c1-15-3-5-16(6-4-15)19(25)22-9-8-20(13-22)14-23(17-7-10-26-12-17)18(24)11-21(20)2/h3-7,10,12H,8-9,11,13-14H2,1-2H3/t20-/m0/s1. The lowest BCUT2D eigenvalue weighted by molar-refractivity contribution is -0.123. The van der Waals surface area contributed by atoms with Gasteiger partial charge in [0.15, 0.2) is 0 Å². The number of likely N-dealkylation sites (N-methyl/N-ethyl adjacent to an activating group) is 1. The highest BCUT2D eigenvalue weighted by atomic mass is 32.1. The number of rotatable bonds is 2. The van der Waals surface area contributed by atoms with Crippen molar-refractivity contribution in [1.29, 1.82) is 0 Å². The summed E-state index contributed by atoms with van der Waals surface area (Å²) in [4.78, 5) is 31.4. The van der Waals surface area contributed by atoms with Crippen molar-refractivity contribution in [2.75, 3.05) is 38.1 Å². The zero-order valence-corrected chi connectivity index (χ0v) is 16.0. The van der Waals surface area contributed by atoms with E-state index in [0.717, 1.165) is 29.8 Å². The van der Waals surface area contributed by atoms with Crippen LogP contribution in [0, 0.1) is 6.92 Å². The van der Waals surface area contributed by atoms with E-state index >= 15 is 0 Å². The molecule has 2 aromatic rings. The van der Waals surface area contributed by atoms with Crippen LogP contribution >= 0.6 is 11.3 Å². The number of amides is 2. The number of carbonyl (C=O) groups excluding carboxylic acids is 2. The van der Waals surface area contributed by atoms with Crippen molar-refractivity contribution in [1.82, 2.24) is 9.80 Å². The molecule has 0 bridgehead atoms. The second-order valence-electron chi connectivity index (χ2n) is 7.38. The Labute approximate surface area is 157 Å². The second-order valence-corrected chi connectivity index (χ2v) is 8.16. The molecule has 4 rings (SSSR count). The van der Waals surface area contributed by atoms with Gasteiger partial charge in [-0.1, -0.05) is 17.7 Å². The van der Waals surface area contributed by atoms with Crippen molar-refractivity contribution in [3.05, 3.63) is 52.2 Å². The van der Waals surface area contributed by atoms with E-state index in [1.54, 1.807) is 11.3 Å². The molecule has 1 aromatic carbocycles. The maximum atomic E-state index is 12.9. The van der Waals surface area contributed by atoms with E-state index in [1.807, 2.05) is 64.9 Å². The highest BCUT2D eigenvalue weighted by Crippen LogP contribution is 2.34. The fraction of sp³-hybridized carbons (Fsp3) is 0.400. The zero-order valence-electron chi connectivity index (χ0n) is 15.1. The summed E-state index contributed by atoms with van der Waals surface area (Å²) in [5.74, 6) is 0.203. The van der Waals surface area contributed by atoms with Crippen LogP contribution in [-0.2, 0) is 4.79 Å². The van der Waals surface area contributed by atoms with Gasteiger partial charge in [-0.05, 0) is 44.0 Å². The van der Waals surface area contributed by atoms with Crippen LogP contribution in [0.25, 0.3) is 0 Å². The van der Waals surface area contributed by atoms with Gasteiger partial charge in [-0.25, -0.2) is 0 Å². The normalized spacial score (nSPS) is 23.8. The van der Waals surface area contributed by atoms with Gasteiger partial charge in [0, 0.05) is 30.6 Å². The molecule has 2 aliphatic heterocycles. The highest BCUT2D eigenvalue weighted by Gasteiger charge is 2.48. The topological polar surface area (TPSA) is 43.9 Å². The van der Waals surface area contributed by atoms with Gasteiger partial charge in [0.05, 0.1) is 17.8 Å². The van der Waals surface area contributed by atoms with E-state index in [1.165, 1.54) is 0 Å². The molecule has 1 spiro atoms. The minimum Gasteiger partial charge on any atom is -0.337 e. The quantitative estimate of drug-likeness (QED) is 0.817. The Kier molecular flexibility index (Phi) is 4.32. The monoisotopic (exact) mass is 369 g/mol. The van der Waals surface area contributed by atoms with E-state index in [4.69, 9.17) is 0 Å². The molecule has 2 amide bonds. The number of aryl methyl sites for hydroxylation is 1. The molecule has 0 aliphatic carbocycles. The Bertz CT molecular complexity index is 818. The Hall–Kier alpha value is -2.18. The lowest BCUT2D eigenvalue weighted by Crippen LogP contribution is -2.64. The molecule has 2 fully saturated rings. The number of anilines is 1. The first-order chi connectivity index (χ1) is 12.5. The van der Waals surface area contributed by atoms with Crippen LogP contribution in [0.5, 0.6) is 0 Å². The maximum absolute atomic E-state index is 12.9. The van der Waals surface area contributed by atoms with Crippen LogP contribution in [0.15, 0.2) is 41.1 Å². The first-order valence-corrected chi connectivity index (χ1v) is 9.83. The second kappa shape index (κ2) is 6.52. The Morgan fingerprint density at radius 3 is 2.62 bits per heavy atom. The number of hydrogen-bond acceptors (Lipinski definition) is 4. The van der Waals surface area contributed by atoms with Crippen molar-refractivity contribution in [3.8, 4) is 0 Å². The van der Waals surface area contributed by atoms with E-state index in [2.05, 4.69) is 4.90 Å². The van der Waals surface area contributed by atoms with Crippen molar-refractivity contribution < 1.29 is 9.59 Å². The molecule has 1 atom stereocenters. The van der Waals surface area contributed by atoms with E-state index < -0.39 is 0 Å². The van der Waals surface area contributed by atoms with Gasteiger partial charge in [0.1, 0.15) is 0 Å². The van der Waals surface area contributed by atoms with Crippen LogP contribution in [-0.4, -0.2) is 60.4 Å². The minimum atomic E-state index is -0.170. The summed E-state index contributed by atoms with van der Waals surface area (Å²) in [6.07, 6.45) is 0.884. The third kappa shape index (κ3) is 2.93. The molecule has 0 unspecified atom stereocenters. The van der Waals surface area contributed by atoms with E-state index in [0.29, 0.717) is 19.6 Å². The fourth-order valence-electron chi connectivity index (χ4n) is 3.95. The van der Waals surface area contributed by atoms with Crippen molar-refractivity contribution in [3.63, 3.8) is 0 Å². The van der Waals surface area contributed by atoms with Crippen LogP contribution in [0.2, 0.25) is 0 Å². The summed E-state index contributed by atoms with van der Waals surface area (Å²) in [7, 11) is 2.00. The third-order valence-electron chi connectivity index (χ3n) is 5.67. The van der Waals surface area contributed by atoms with E-state index in [9.17, 15) is 9.59 Å². The molecule has 3 heterocycles. The number of likely N-dealkylation sites (tertiary alicyclic amines) is 1. The Morgan fingerprint density at radius 1 is 1.15 bits per heavy atom. The largest absolute Gasteiger partial charge is 0.337 e. The molecule has 0 N–H and O–H groups in total. The van der Waals surface area contributed by atoms with Crippen LogP contribution < -0.4 is 4.90 Å². The lowest BCUT2D eigenvalue weighted by Gasteiger charge is -2.46. The lowest BCUT2D eigenvalue weighted by atomic mass is 9.93. The SMILES string of the molecule is Cc1ccc(C(=O)N2CC[C@]3(C2)CN(c2ccsc2)C(=O)CN3C)cc1. The summed E-state index contributed by atoms with van der Waals surface area (Å²) >= 11 is 1.60. The maximum Gasteiger partial charge on any atom is 0.253 e. The Morgan fingerprint density at radius 2 is 1.92 bits per heavy atom. The van der Waals surface area contributed by atoms with Gasteiger partial charge >= 0.3 is 0 Å². The summed E-state index contributed by atoms with van der Waals surface area (Å²) in [6.45, 7) is 4.43. The highest BCUT2D eigenvalue weighted by molar-refractivity contribution is 7.08. The molecular weight excluding hydrogens is 346 g/mol. The van der Waals surface area contributed by atoms with Crippen LogP contribution in [0.1, 0.15) is 22.3 Å². The molecule has 6 heteroatoms. The third-order valence-corrected chi connectivity index (χ3v) is 6.34. The molecule has 2 saturated heterocycles. The minimum absolute atomic E-state index is 0.0780. The molecule has 0 radical (unpaired) electrons. The first-order valence-electron chi connectivity index (χ1n) is 8.88. The van der Waals surface area contributed by atoms with Crippen LogP contribution in [0.3, 0.4) is 0 Å². The summed E-state index contributed by atoms with van der Waals surface area (Å²) in [6, 6.07) is 9.74. The number of carbonyl (C=O) groups is 2. The van der Waals surface area contributed by atoms with Gasteiger partial charge in [-0.2, -0.15) is 11.3 Å². The van der Waals surface area contributed by atoms with E-state index in [-0.39, 0.29) is 17.4 Å². The predicted octanol–water partition coefficient (Wildman–Crippen LogP) is 2.62. The number of nitrogens with zero attached hydrogens (tertiary/aromatic N) is 3. The predicted molar refractivity (Wildman–Crippen MR) is 104 cm³/mol. The van der Waals surface area contributed by atoms with Crippen molar-refractivity contribution >= 4 is 28.8 Å². The van der Waals surface area contributed by atoms with Crippen molar-refractivity contribution in [2.45, 2.75) is 18.9 Å². The van der Waals surface area contributed by atoms with Gasteiger partial charge in [-0.3, -0.25) is 14.5 Å². The molecule has 136 valence electrons. The van der Waals surface area contributed by atoms with Gasteiger partial charge in [-0.15, -0.1) is 0 Å². The zero-order chi connectivity index (χ0) is 18.3. The van der Waals surface area contributed by atoms with Gasteiger partial charge in [0.25, 0.3) is 5.91 Å². The van der Waals surface area contributed by atoms with Gasteiger partial charge < -0.3 is 9.80 Å². The summed E-state index contributed by atoms with van der Waals surface area (Å²) < 4.78 is 0. The van der Waals surface area contributed by atoms with Gasteiger partial charge in [0.2, 0.25) is 5.91 Å². The number of thiophene rings is 1. The number of piperazine rings is 1. The summed E-state index contributed by atoms with van der Waals surface area (Å²) in [5.41, 5.74) is 2.68. The molecular formula is C20H23N3O2S. The molecule has 1 aromatic heterocycles. The average molecular weight is 369 g/mol. The summed E-state index contributed by atoms with van der Waals surface area (Å²) in [5, 5.41) is 4.01. The van der Waals surface area contributed by atoms with Crippen LogP contribution in [0.4, 0.5) is 5.69 Å². The first kappa shape index (κ1) is 17.2. The van der Waals surface area contributed by atoms with Crippen molar-refractivity contribution in [2.24, 2.45) is 0 Å². The Balaban J connectivity index is 1.54. The molecule has 5 nitrogen and oxygen atoms in total. The smallest absolute Gasteiger partial charge is 0.253 e. The molecule has 0 saturated carbocycles. The molecule has 2 aliphatic rings. The molecule has 26 heavy (non-hydrogen) atoms. The average Bonchev–Trinajstić information content (AvgIpc) is 3.29. The fourth-order valence-corrected chi connectivity index (χ4v) is 4.60.